The van der Waals surface area contributed by atoms with E-state index in [4.69, 9.17) is 0 Å². The Labute approximate surface area is 119 Å². The van der Waals surface area contributed by atoms with Crippen molar-refractivity contribution in [2.24, 2.45) is 11.3 Å². The first kappa shape index (κ1) is 15.3. The third-order valence-corrected chi connectivity index (χ3v) is 5.55. The molecule has 1 N–H and O–H groups in total. The maximum atomic E-state index is 9.94. The minimum absolute atomic E-state index is 0.193. The molecule has 2 aliphatic rings. The quantitative estimate of drug-likeness (QED) is 0.783. The standard InChI is InChI=1S/C17H33NO/c1-15-8-7-11-17(12-15,14-19)13-18(2)16-9-5-3-4-6-10-16/h15-16,19H,3-14H2,1-2H3. The lowest BCUT2D eigenvalue weighted by atomic mass is 9.70. The second kappa shape index (κ2) is 7.08. The molecule has 0 aromatic heterocycles. The highest BCUT2D eigenvalue weighted by atomic mass is 16.3. The highest BCUT2D eigenvalue weighted by molar-refractivity contribution is 4.88. The molecular weight excluding hydrogens is 234 g/mol. The Morgan fingerprint density at radius 2 is 1.74 bits per heavy atom. The van der Waals surface area contributed by atoms with E-state index in [1.165, 1.54) is 64.2 Å². The fraction of sp³-hybridized carbons (Fsp3) is 1.00. The van der Waals surface area contributed by atoms with Crippen LogP contribution in [0.25, 0.3) is 0 Å². The summed E-state index contributed by atoms with van der Waals surface area (Å²) >= 11 is 0. The van der Waals surface area contributed by atoms with Crippen molar-refractivity contribution in [3.05, 3.63) is 0 Å². The summed E-state index contributed by atoms with van der Waals surface area (Å²) in [6, 6.07) is 0.767. The summed E-state index contributed by atoms with van der Waals surface area (Å²) in [5.41, 5.74) is 0.193. The molecule has 2 atom stereocenters. The van der Waals surface area contributed by atoms with Gasteiger partial charge in [0.25, 0.3) is 0 Å². The lowest BCUT2D eigenvalue weighted by Crippen LogP contribution is -2.45. The van der Waals surface area contributed by atoms with Gasteiger partial charge in [-0.05, 0) is 38.6 Å². The molecule has 2 aliphatic carbocycles. The van der Waals surface area contributed by atoms with Crippen LogP contribution in [0.2, 0.25) is 0 Å². The van der Waals surface area contributed by atoms with Crippen LogP contribution in [0.4, 0.5) is 0 Å². The van der Waals surface area contributed by atoms with Crippen molar-refractivity contribution in [3.8, 4) is 0 Å². The molecule has 0 bridgehead atoms. The van der Waals surface area contributed by atoms with Gasteiger partial charge in [-0.25, -0.2) is 0 Å². The molecule has 0 heterocycles. The van der Waals surface area contributed by atoms with Gasteiger partial charge in [-0.15, -0.1) is 0 Å². The Hall–Kier alpha value is -0.0800. The van der Waals surface area contributed by atoms with Crippen LogP contribution < -0.4 is 0 Å². The Balaban J connectivity index is 1.92. The third kappa shape index (κ3) is 4.19. The molecule has 0 amide bonds. The molecule has 2 nitrogen and oxygen atoms in total. The summed E-state index contributed by atoms with van der Waals surface area (Å²) in [6.07, 6.45) is 13.5. The SMILES string of the molecule is CC1CCCC(CO)(CN(C)C2CCCCCC2)C1. The van der Waals surface area contributed by atoms with E-state index in [1.54, 1.807) is 0 Å². The lowest BCUT2D eigenvalue weighted by Gasteiger charge is -2.43. The van der Waals surface area contributed by atoms with Crippen LogP contribution in [0.5, 0.6) is 0 Å². The van der Waals surface area contributed by atoms with E-state index in [1.807, 2.05) is 0 Å². The normalized spacial score (nSPS) is 34.4. The molecule has 0 saturated heterocycles. The topological polar surface area (TPSA) is 23.5 Å². The van der Waals surface area contributed by atoms with Gasteiger partial charge < -0.3 is 10.0 Å². The Morgan fingerprint density at radius 3 is 2.32 bits per heavy atom. The molecular formula is C17H33NO. The third-order valence-electron chi connectivity index (χ3n) is 5.55. The molecule has 0 radical (unpaired) electrons. The van der Waals surface area contributed by atoms with Crippen LogP contribution in [-0.2, 0) is 0 Å². The minimum Gasteiger partial charge on any atom is -0.396 e. The van der Waals surface area contributed by atoms with Crippen LogP contribution in [-0.4, -0.2) is 36.2 Å². The first-order valence-electron chi connectivity index (χ1n) is 8.46. The molecule has 0 spiro atoms. The van der Waals surface area contributed by atoms with Crippen LogP contribution >= 0.6 is 0 Å². The van der Waals surface area contributed by atoms with Gasteiger partial charge in [0.1, 0.15) is 0 Å². The molecule has 2 saturated carbocycles. The second-order valence-electron chi connectivity index (χ2n) is 7.42. The second-order valence-corrected chi connectivity index (χ2v) is 7.42. The first-order chi connectivity index (χ1) is 9.15. The summed E-state index contributed by atoms with van der Waals surface area (Å²) in [5, 5.41) is 9.94. The molecule has 0 aromatic rings. The number of hydrogen-bond acceptors (Lipinski definition) is 2. The molecule has 112 valence electrons. The van der Waals surface area contributed by atoms with E-state index >= 15 is 0 Å². The van der Waals surface area contributed by atoms with E-state index in [9.17, 15) is 5.11 Å². The molecule has 2 heteroatoms. The predicted octanol–water partition coefficient (Wildman–Crippen LogP) is 3.83. The molecule has 19 heavy (non-hydrogen) atoms. The average molecular weight is 267 g/mol. The van der Waals surface area contributed by atoms with Gasteiger partial charge in [0, 0.05) is 24.6 Å². The van der Waals surface area contributed by atoms with Crippen molar-refractivity contribution in [2.45, 2.75) is 77.2 Å². The predicted molar refractivity (Wildman–Crippen MR) is 81.3 cm³/mol. The summed E-state index contributed by atoms with van der Waals surface area (Å²) in [6.45, 7) is 3.85. The van der Waals surface area contributed by atoms with Crippen molar-refractivity contribution >= 4 is 0 Å². The van der Waals surface area contributed by atoms with Gasteiger partial charge in [-0.2, -0.15) is 0 Å². The maximum absolute atomic E-state index is 9.94. The van der Waals surface area contributed by atoms with Crippen LogP contribution in [0.3, 0.4) is 0 Å². The number of rotatable bonds is 4. The average Bonchev–Trinajstić information content (AvgIpc) is 2.67. The zero-order valence-corrected chi connectivity index (χ0v) is 13.0. The smallest absolute Gasteiger partial charge is 0.0499 e. The minimum atomic E-state index is 0.193. The zero-order valence-electron chi connectivity index (χ0n) is 13.0. The van der Waals surface area contributed by atoms with Crippen molar-refractivity contribution in [2.75, 3.05) is 20.2 Å². The van der Waals surface area contributed by atoms with Gasteiger partial charge >= 0.3 is 0 Å². The molecule has 2 rings (SSSR count). The van der Waals surface area contributed by atoms with E-state index in [2.05, 4.69) is 18.9 Å². The largest absolute Gasteiger partial charge is 0.396 e. The number of aliphatic hydroxyl groups excluding tert-OH is 1. The van der Waals surface area contributed by atoms with Crippen molar-refractivity contribution in [3.63, 3.8) is 0 Å². The van der Waals surface area contributed by atoms with Gasteiger partial charge in [-0.3, -0.25) is 0 Å². The summed E-state index contributed by atoms with van der Waals surface area (Å²) in [4.78, 5) is 2.58. The molecule has 0 aliphatic heterocycles. The van der Waals surface area contributed by atoms with Gasteiger partial charge in [0.2, 0.25) is 0 Å². The Bertz CT molecular complexity index is 260. The van der Waals surface area contributed by atoms with Crippen molar-refractivity contribution in [1.82, 2.24) is 4.90 Å². The van der Waals surface area contributed by atoms with Crippen LogP contribution in [0.15, 0.2) is 0 Å². The van der Waals surface area contributed by atoms with E-state index < -0.39 is 0 Å². The summed E-state index contributed by atoms with van der Waals surface area (Å²) < 4.78 is 0. The highest BCUT2D eigenvalue weighted by Crippen LogP contribution is 2.40. The van der Waals surface area contributed by atoms with Gasteiger partial charge in [0.05, 0.1) is 0 Å². The van der Waals surface area contributed by atoms with Crippen molar-refractivity contribution in [1.29, 1.82) is 0 Å². The van der Waals surface area contributed by atoms with Crippen LogP contribution in [0.1, 0.15) is 71.1 Å². The fourth-order valence-corrected chi connectivity index (χ4v) is 4.46. The lowest BCUT2D eigenvalue weighted by molar-refractivity contribution is 0.0177. The first-order valence-corrected chi connectivity index (χ1v) is 8.46. The van der Waals surface area contributed by atoms with Gasteiger partial charge in [-0.1, -0.05) is 45.4 Å². The number of aliphatic hydroxyl groups is 1. The molecule has 2 fully saturated rings. The summed E-state index contributed by atoms with van der Waals surface area (Å²) in [7, 11) is 2.30. The van der Waals surface area contributed by atoms with Crippen molar-refractivity contribution < 1.29 is 5.11 Å². The van der Waals surface area contributed by atoms with Gasteiger partial charge in [0.15, 0.2) is 0 Å². The van der Waals surface area contributed by atoms with E-state index in [0.717, 1.165) is 18.5 Å². The summed E-state index contributed by atoms with van der Waals surface area (Å²) in [5.74, 6) is 0.795. The molecule has 2 unspecified atom stereocenters. The Kier molecular flexibility index (Phi) is 5.70. The number of hydrogen-bond donors (Lipinski definition) is 1. The van der Waals surface area contributed by atoms with Crippen LogP contribution in [0, 0.1) is 11.3 Å². The zero-order chi connectivity index (χ0) is 13.7. The van der Waals surface area contributed by atoms with E-state index in [-0.39, 0.29) is 5.41 Å². The monoisotopic (exact) mass is 267 g/mol. The number of nitrogens with zero attached hydrogens (tertiary/aromatic N) is 1. The van der Waals surface area contributed by atoms with E-state index in [0.29, 0.717) is 6.61 Å². The molecule has 0 aromatic carbocycles. The maximum Gasteiger partial charge on any atom is 0.0499 e. The fourth-order valence-electron chi connectivity index (χ4n) is 4.46. The Morgan fingerprint density at radius 1 is 1.05 bits per heavy atom. The highest BCUT2D eigenvalue weighted by Gasteiger charge is 2.36.